The molecule has 148 valence electrons. The van der Waals surface area contributed by atoms with Crippen molar-refractivity contribution >= 4 is 47.2 Å². The van der Waals surface area contributed by atoms with Gasteiger partial charge in [-0.15, -0.1) is 0 Å². The molecule has 0 fully saturated rings. The normalized spacial score (nSPS) is 12.4. The third-order valence-electron chi connectivity index (χ3n) is 4.54. The van der Waals surface area contributed by atoms with E-state index in [1.165, 1.54) is 12.2 Å². The lowest BCUT2D eigenvalue weighted by atomic mass is 10.1. The number of benzene rings is 2. The summed E-state index contributed by atoms with van der Waals surface area (Å²) in [5.74, 6) is -0.666. The highest BCUT2D eigenvalue weighted by molar-refractivity contribution is 6.35. The fourth-order valence-corrected chi connectivity index (χ4v) is 3.12. The first-order valence-corrected chi connectivity index (χ1v) is 9.28. The van der Waals surface area contributed by atoms with Crippen LogP contribution >= 0.6 is 0 Å². The number of hydrogen-bond donors (Lipinski definition) is 2. The Bertz CT molecular complexity index is 1280. The maximum absolute atomic E-state index is 12.8. The van der Waals surface area contributed by atoms with Crippen LogP contribution in [0, 0.1) is 0 Å². The molecule has 2 N–H and O–H groups in total. The number of H-pyrrole nitrogens is 2. The van der Waals surface area contributed by atoms with Crippen molar-refractivity contribution in [3.8, 4) is 0 Å². The van der Waals surface area contributed by atoms with Crippen molar-refractivity contribution in [3.63, 3.8) is 0 Å². The second-order valence-corrected chi connectivity index (χ2v) is 6.64. The zero-order valence-electron chi connectivity index (χ0n) is 15.8. The molecule has 0 aliphatic rings. The van der Waals surface area contributed by atoms with Gasteiger partial charge in [-0.2, -0.15) is 0 Å². The fraction of sp³-hybridized carbons (Fsp3) is 0. The molecule has 0 amide bonds. The molecule has 0 saturated heterocycles. The summed E-state index contributed by atoms with van der Waals surface area (Å²) >= 11 is 0. The second-order valence-electron chi connectivity index (χ2n) is 6.64. The van der Waals surface area contributed by atoms with Gasteiger partial charge >= 0.3 is 7.47 Å². The van der Waals surface area contributed by atoms with Crippen molar-refractivity contribution < 1.29 is 18.1 Å². The average molecular weight is 402 g/mol. The predicted octanol–water partition coefficient (Wildman–Crippen LogP) is 5.77. The lowest BCUT2D eigenvalue weighted by Gasteiger charge is -2.03. The number of ketones is 1. The number of carbonyl (C=O) groups excluding carboxylic acids is 1. The van der Waals surface area contributed by atoms with E-state index in [-0.39, 0.29) is 5.76 Å². The SMILES string of the molecule is O=C(/C=C(/C=C/c1ccc2[nH]ccc2c1)OB(F)F)/C=C/c1ccc2[nH]ccc2c1. The largest absolute Gasteiger partial charge is 0.796 e. The summed E-state index contributed by atoms with van der Waals surface area (Å²) in [5, 5.41) is 2.01. The second kappa shape index (κ2) is 8.65. The van der Waals surface area contributed by atoms with Crippen LogP contribution in [0.1, 0.15) is 11.1 Å². The van der Waals surface area contributed by atoms with Gasteiger partial charge in [-0.25, -0.2) is 8.63 Å². The van der Waals surface area contributed by atoms with Crippen LogP contribution in [0.3, 0.4) is 0 Å². The summed E-state index contributed by atoms with van der Waals surface area (Å²) in [5.41, 5.74) is 3.60. The Balaban J connectivity index is 1.51. The van der Waals surface area contributed by atoms with Crippen molar-refractivity contribution in [3.05, 3.63) is 96.0 Å². The van der Waals surface area contributed by atoms with Crippen molar-refractivity contribution in [2.24, 2.45) is 0 Å². The van der Waals surface area contributed by atoms with Crippen LogP contribution in [-0.4, -0.2) is 23.2 Å². The first kappa shape index (κ1) is 19.5. The number of hydrogen-bond acceptors (Lipinski definition) is 2. The molecule has 2 aromatic carbocycles. The number of halogens is 2. The molecular weight excluding hydrogens is 385 g/mol. The Kier molecular flexibility index (Phi) is 5.61. The third-order valence-corrected chi connectivity index (χ3v) is 4.54. The molecule has 0 aliphatic carbocycles. The van der Waals surface area contributed by atoms with Crippen molar-refractivity contribution in [1.82, 2.24) is 9.97 Å². The van der Waals surface area contributed by atoms with Gasteiger partial charge in [0.05, 0.1) is 0 Å². The Morgan fingerprint density at radius 1 is 0.833 bits per heavy atom. The van der Waals surface area contributed by atoms with Gasteiger partial charge < -0.3 is 14.6 Å². The molecule has 4 aromatic rings. The molecule has 0 spiro atoms. The van der Waals surface area contributed by atoms with E-state index >= 15 is 0 Å². The first-order valence-electron chi connectivity index (χ1n) is 9.28. The van der Waals surface area contributed by atoms with E-state index < -0.39 is 13.3 Å². The molecule has 0 bridgehead atoms. The lowest BCUT2D eigenvalue weighted by molar-refractivity contribution is -0.110. The number of allylic oxidation sites excluding steroid dienone is 3. The van der Waals surface area contributed by atoms with Gasteiger partial charge in [0.1, 0.15) is 5.76 Å². The monoisotopic (exact) mass is 402 g/mol. The van der Waals surface area contributed by atoms with Gasteiger partial charge in [0, 0.05) is 29.5 Å². The van der Waals surface area contributed by atoms with Crippen LogP contribution < -0.4 is 0 Å². The average Bonchev–Trinajstić information content (AvgIpc) is 3.38. The van der Waals surface area contributed by atoms with E-state index in [0.29, 0.717) is 0 Å². The maximum Gasteiger partial charge on any atom is 0.796 e. The predicted molar refractivity (Wildman–Crippen MR) is 117 cm³/mol. The molecule has 7 heteroatoms. The first-order chi connectivity index (χ1) is 14.6. The number of aromatic amines is 2. The minimum atomic E-state index is -3.03. The highest BCUT2D eigenvalue weighted by Gasteiger charge is 2.18. The van der Waals surface area contributed by atoms with Crippen LogP contribution in [0.5, 0.6) is 0 Å². The van der Waals surface area contributed by atoms with Crippen LogP contribution in [0.25, 0.3) is 34.0 Å². The quantitative estimate of drug-likeness (QED) is 0.179. The van der Waals surface area contributed by atoms with E-state index in [0.717, 1.165) is 39.0 Å². The molecule has 4 nitrogen and oxygen atoms in total. The Hall–Kier alpha value is -3.87. The Labute approximate surface area is 171 Å². The zero-order valence-corrected chi connectivity index (χ0v) is 15.8. The highest BCUT2D eigenvalue weighted by atomic mass is 19.2. The van der Waals surface area contributed by atoms with E-state index in [9.17, 15) is 13.4 Å². The highest BCUT2D eigenvalue weighted by Crippen LogP contribution is 2.17. The molecular formula is C23H17BF2N2O2. The summed E-state index contributed by atoms with van der Waals surface area (Å²) in [6, 6.07) is 15.2. The topological polar surface area (TPSA) is 57.9 Å². The number of aromatic nitrogens is 2. The van der Waals surface area contributed by atoms with Gasteiger partial charge in [0.25, 0.3) is 0 Å². The minimum absolute atomic E-state index is 0.213. The molecule has 4 rings (SSSR count). The summed E-state index contributed by atoms with van der Waals surface area (Å²) in [6.07, 6.45) is 10.6. The maximum atomic E-state index is 12.8. The molecule has 0 saturated carbocycles. The minimum Gasteiger partial charge on any atom is -0.505 e. The molecule has 30 heavy (non-hydrogen) atoms. The summed E-state index contributed by atoms with van der Waals surface area (Å²) in [4.78, 5) is 18.4. The summed E-state index contributed by atoms with van der Waals surface area (Å²) in [7, 11) is -3.03. The number of fused-ring (bicyclic) bond motifs is 2. The van der Waals surface area contributed by atoms with E-state index in [1.54, 1.807) is 12.2 Å². The molecule has 2 heterocycles. The number of carbonyl (C=O) groups is 1. The van der Waals surface area contributed by atoms with Gasteiger partial charge in [-0.05, 0) is 70.4 Å². The standard InChI is InChI=1S/C23H17BF2N2O2/c25-24(26)30-21(6-2-17-4-8-23-19(14-17)10-12-28-23)15-20(29)5-1-16-3-7-22-18(13-16)9-11-27-22/h1-15,27-28H/b5-1+,6-2+,21-15-. The van der Waals surface area contributed by atoms with Crippen LogP contribution in [0.2, 0.25) is 0 Å². The molecule has 0 radical (unpaired) electrons. The van der Waals surface area contributed by atoms with E-state index in [1.807, 2.05) is 60.9 Å². The van der Waals surface area contributed by atoms with Crippen LogP contribution in [0.4, 0.5) is 8.63 Å². The van der Waals surface area contributed by atoms with E-state index in [2.05, 4.69) is 14.6 Å². The van der Waals surface area contributed by atoms with Crippen molar-refractivity contribution in [2.45, 2.75) is 0 Å². The zero-order chi connectivity index (χ0) is 20.9. The van der Waals surface area contributed by atoms with Crippen molar-refractivity contribution in [2.75, 3.05) is 0 Å². The molecule has 0 unspecified atom stereocenters. The molecule has 0 atom stereocenters. The van der Waals surface area contributed by atoms with Crippen molar-refractivity contribution in [1.29, 1.82) is 0 Å². The number of nitrogens with one attached hydrogen (secondary N) is 2. The van der Waals surface area contributed by atoms with Gasteiger partial charge in [-0.3, -0.25) is 4.79 Å². The summed E-state index contributed by atoms with van der Waals surface area (Å²) < 4.78 is 30.0. The van der Waals surface area contributed by atoms with E-state index in [4.69, 9.17) is 0 Å². The van der Waals surface area contributed by atoms with Crippen LogP contribution in [-0.2, 0) is 9.45 Å². The van der Waals surface area contributed by atoms with Gasteiger partial charge in [-0.1, -0.05) is 24.3 Å². The molecule has 2 aromatic heterocycles. The fourth-order valence-electron chi connectivity index (χ4n) is 3.12. The Morgan fingerprint density at radius 3 is 1.97 bits per heavy atom. The smallest absolute Gasteiger partial charge is 0.505 e. The lowest BCUT2D eigenvalue weighted by Crippen LogP contribution is -2.04. The summed E-state index contributed by atoms with van der Waals surface area (Å²) in [6.45, 7) is 0. The van der Waals surface area contributed by atoms with Gasteiger partial charge in [0.15, 0.2) is 5.78 Å². The van der Waals surface area contributed by atoms with Crippen LogP contribution in [0.15, 0.2) is 84.9 Å². The molecule has 0 aliphatic heterocycles. The van der Waals surface area contributed by atoms with Gasteiger partial charge in [0.2, 0.25) is 0 Å². The Morgan fingerprint density at radius 2 is 1.40 bits per heavy atom. The number of rotatable bonds is 7. The third kappa shape index (κ3) is 4.75.